The van der Waals surface area contributed by atoms with Crippen LogP contribution in [-0.4, -0.2) is 78.1 Å². The normalized spacial score (nSPS) is 20.9. The molecule has 3 heterocycles. The van der Waals surface area contributed by atoms with Gasteiger partial charge >= 0.3 is 0 Å². The number of aryl methyl sites for hydroxylation is 1. The number of amides is 1. The minimum Gasteiger partial charge on any atom is -0.506 e. The Labute approximate surface area is 266 Å². The molecule has 3 fully saturated rings. The SMILES string of the molecule is CCCC(=O)N1CCN(CC2CCN(Cc3ccc4c(c3)CCCN(c3cc(C(C)C)c(C5CCC5)cc3O)C4)CC2)CC1. The Morgan fingerprint density at radius 1 is 0.886 bits per heavy atom. The number of hydrogen-bond acceptors (Lipinski definition) is 5. The van der Waals surface area contributed by atoms with E-state index in [-0.39, 0.29) is 0 Å². The van der Waals surface area contributed by atoms with Crippen molar-refractivity contribution in [2.45, 2.75) is 103 Å². The zero-order valence-electron chi connectivity index (χ0n) is 27.7. The molecule has 6 nitrogen and oxygen atoms in total. The summed E-state index contributed by atoms with van der Waals surface area (Å²) in [5.74, 6) is 2.67. The zero-order chi connectivity index (χ0) is 30.6. The number of rotatable bonds is 9. The Morgan fingerprint density at radius 3 is 2.34 bits per heavy atom. The Morgan fingerprint density at radius 2 is 1.66 bits per heavy atom. The number of nitrogens with zero attached hydrogens (tertiary/aromatic N) is 4. The van der Waals surface area contributed by atoms with E-state index in [4.69, 9.17) is 0 Å². The molecule has 0 bridgehead atoms. The maximum atomic E-state index is 12.2. The van der Waals surface area contributed by atoms with Gasteiger partial charge in [0.15, 0.2) is 0 Å². The number of hydrogen-bond donors (Lipinski definition) is 1. The molecule has 6 heteroatoms. The molecule has 0 atom stereocenters. The largest absolute Gasteiger partial charge is 0.506 e. The minimum absolute atomic E-state index is 0.337. The Hall–Kier alpha value is -2.57. The van der Waals surface area contributed by atoms with Gasteiger partial charge in [-0.1, -0.05) is 45.4 Å². The van der Waals surface area contributed by atoms with Crippen LogP contribution in [-0.2, 0) is 24.3 Å². The minimum atomic E-state index is 0.337. The third-order valence-corrected chi connectivity index (χ3v) is 11.0. The molecule has 0 spiro atoms. The van der Waals surface area contributed by atoms with Gasteiger partial charge in [-0.2, -0.15) is 0 Å². The molecule has 240 valence electrons. The van der Waals surface area contributed by atoms with Crippen molar-refractivity contribution in [3.63, 3.8) is 0 Å². The highest BCUT2D eigenvalue weighted by atomic mass is 16.3. The lowest BCUT2D eigenvalue weighted by Gasteiger charge is -2.39. The van der Waals surface area contributed by atoms with Crippen LogP contribution in [0.15, 0.2) is 30.3 Å². The van der Waals surface area contributed by atoms with Gasteiger partial charge in [0.05, 0.1) is 5.69 Å². The van der Waals surface area contributed by atoms with Crippen LogP contribution in [0.3, 0.4) is 0 Å². The van der Waals surface area contributed by atoms with Gasteiger partial charge in [0.2, 0.25) is 5.91 Å². The lowest BCUT2D eigenvalue weighted by Crippen LogP contribution is -2.50. The van der Waals surface area contributed by atoms with Crippen molar-refractivity contribution in [1.29, 1.82) is 0 Å². The number of anilines is 1. The molecule has 0 aromatic heterocycles. The van der Waals surface area contributed by atoms with Gasteiger partial charge in [0.1, 0.15) is 5.75 Å². The molecule has 0 unspecified atom stereocenters. The van der Waals surface area contributed by atoms with Gasteiger partial charge in [-0.25, -0.2) is 0 Å². The first-order valence-electron chi connectivity index (χ1n) is 17.8. The summed E-state index contributed by atoms with van der Waals surface area (Å²) in [4.78, 5) is 22.0. The van der Waals surface area contributed by atoms with Crippen molar-refractivity contribution in [3.05, 3.63) is 58.1 Å². The maximum Gasteiger partial charge on any atom is 0.222 e. The highest BCUT2D eigenvalue weighted by Crippen LogP contribution is 2.44. The first kappa shape index (κ1) is 31.4. The number of fused-ring (bicyclic) bond motifs is 1. The summed E-state index contributed by atoms with van der Waals surface area (Å²) >= 11 is 0. The molecule has 3 aliphatic heterocycles. The molecular formula is C38H56N4O2. The summed E-state index contributed by atoms with van der Waals surface area (Å²) in [6.07, 6.45) is 10.2. The summed E-state index contributed by atoms with van der Waals surface area (Å²) in [5, 5.41) is 11.2. The van der Waals surface area contributed by atoms with Crippen LogP contribution in [0.2, 0.25) is 0 Å². The van der Waals surface area contributed by atoms with Crippen molar-refractivity contribution in [1.82, 2.24) is 14.7 Å². The number of likely N-dealkylation sites (tertiary alicyclic amines) is 1. The van der Waals surface area contributed by atoms with Crippen LogP contribution in [0.25, 0.3) is 0 Å². The van der Waals surface area contributed by atoms with E-state index in [1.807, 2.05) is 0 Å². The van der Waals surface area contributed by atoms with Crippen molar-refractivity contribution in [2.24, 2.45) is 5.92 Å². The number of benzene rings is 2. The molecule has 0 radical (unpaired) electrons. The first-order valence-corrected chi connectivity index (χ1v) is 17.8. The second kappa shape index (κ2) is 14.2. The van der Waals surface area contributed by atoms with Gasteiger partial charge in [-0.05, 0) is 116 Å². The molecule has 6 rings (SSSR count). The number of phenolic OH excluding ortho intramolecular Hbond substituents is 1. The highest BCUT2D eigenvalue weighted by molar-refractivity contribution is 5.76. The fourth-order valence-electron chi connectivity index (χ4n) is 8.05. The van der Waals surface area contributed by atoms with Crippen molar-refractivity contribution >= 4 is 11.6 Å². The van der Waals surface area contributed by atoms with E-state index in [9.17, 15) is 9.90 Å². The number of piperidine rings is 1. The number of carbonyl (C=O) groups is 1. The van der Waals surface area contributed by atoms with E-state index >= 15 is 0 Å². The van der Waals surface area contributed by atoms with E-state index in [1.165, 1.54) is 79.6 Å². The van der Waals surface area contributed by atoms with Gasteiger partial charge < -0.3 is 14.9 Å². The van der Waals surface area contributed by atoms with E-state index in [0.717, 1.165) is 76.7 Å². The first-order chi connectivity index (χ1) is 21.4. The van der Waals surface area contributed by atoms with E-state index < -0.39 is 0 Å². The van der Waals surface area contributed by atoms with Gasteiger partial charge in [-0.15, -0.1) is 0 Å². The van der Waals surface area contributed by atoms with E-state index in [0.29, 0.717) is 29.9 Å². The Kier molecular flexibility index (Phi) is 10.2. The van der Waals surface area contributed by atoms with Crippen LogP contribution < -0.4 is 4.90 Å². The molecule has 1 saturated carbocycles. The monoisotopic (exact) mass is 600 g/mol. The third-order valence-electron chi connectivity index (χ3n) is 11.0. The van der Waals surface area contributed by atoms with Gasteiger partial charge in [0.25, 0.3) is 0 Å². The molecule has 1 aliphatic carbocycles. The topological polar surface area (TPSA) is 50.3 Å². The van der Waals surface area contributed by atoms with Crippen molar-refractivity contribution in [2.75, 3.05) is 57.3 Å². The number of phenols is 1. The van der Waals surface area contributed by atoms with Gasteiger partial charge in [0, 0.05) is 58.8 Å². The summed E-state index contributed by atoms with van der Waals surface area (Å²) in [7, 11) is 0. The second-order valence-electron chi connectivity index (χ2n) is 14.5. The van der Waals surface area contributed by atoms with Crippen LogP contribution >= 0.6 is 0 Å². The summed E-state index contributed by atoms with van der Waals surface area (Å²) in [5.41, 5.74) is 8.17. The molecule has 2 aromatic carbocycles. The predicted octanol–water partition coefficient (Wildman–Crippen LogP) is 6.89. The Bertz CT molecular complexity index is 1270. The fraction of sp³-hybridized carbons (Fsp3) is 0.658. The van der Waals surface area contributed by atoms with Crippen LogP contribution in [0.1, 0.15) is 112 Å². The van der Waals surface area contributed by atoms with Crippen LogP contribution in [0.5, 0.6) is 5.75 Å². The maximum absolute atomic E-state index is 12.2. The zero-order valence-corrected chi connectivity index (χ0v) is 27.7. The average Bonchev–Trinajstić information content (AvgIpc) is 3.20. The molecular weight excluding hydrogens is 544 g/mol. The van der Waals surface area contributed by atoms with Crippen molar-refractivity contribution < 1.29 is 9.90 Å². The number of carbonyl (C=O) groups excluding carboxylic acids is 1. The predicted molar refractivity (Wildman–Crippen MR) is 181 cm³/mol. The fourth-order valence-corrected chi connectivity index (χ4v) is 8.05. The van der Waals surface area contributed by atoms with Crippen LogP contribution in [0.4, 0.5) is 5.69 Å². The molecule has 1 N–H and O–H groups in total. The summed E-state index contributed by atoms with van der Waals surface area (Å²) in [6.45, 7) is 17.0. The lowest BCUT2D eigenvalue weighted by atomic mass is 9.76. The summed E-state index contributed by atoms with van der Waals surface area (Å²) < 4.78 is 0. The quantitative estimate of drug-likeness (QED) is 0.340. The molecule has 4 aliphatic rings. The molecule has 2 aromatic rings. The number of piperazine rings is 1. The highest BCUT2D eigenvalue weighted by Gasteiger charge is 2.28. The second-order valence-corrected chi connectivity index (χ2v) is 14.5. The molecule has 2 saturated heterocycles. The van der Waals surface area contributed by atoms with E-state index in [1.54, 1.807) is 0 Å². The Balaban J connectivity index is 1.02. The van der Waals surface area contributed by atoms with E-state index in [2.05, 4.69) is 70.7 Å². The van der Waals surface area contributed by atoms with Crippen molar-refractivity contribution in [3.8, 4) is 5.75 Å². The standard InChI is InChI=1S/C38H56N4O2/c1-4-7-38(44)41-20-18-40(19-21-41)25-29-13-16-39(17-14-29)26-30-11-12-33-27-42(15-6-10-32(33)22-30)36-23-34(28(2)3)35(24-37(36)43)31-8-5-9-31/h11-12,22-24,28-29,31,43H,4-10,13-21,25-27H2,1-3H3. The molecule has 1 amide bonds. The number of aromatic hydroxyl groups is 1. The third kappa shape index (κ3) is 7.28. The average molecular weight is 601 g/mol. The lowest BCUT2D eigenvalue weighted by molar-refractivity contribution is -0.133. The van der Waals surface area contributed by atoms with Gasteiger partial charge in [-0.3, -0.25) is 14.6 Å². The summed E-state index contributed by atoms with van der Waals surface area (Å²) in [6, 6.07) is 11.6. The smallest absolute Gasteiger partial charge is 0.222 e. The molecule has 44 heavy (non-hydrogen) atoms. The van der Waals surface area contributed by atoms with Crippen LogP contribution in [0, 0.1) is 5.92 Å².